The topological polar surface area (TPSA) is 20.3 Å². The average Bonchev–Trinajstić information content (AvgIpc) is 2.72. The van der Waals surface area contributed by atoms with Gasteiger partial charge in [-0.25, -0.2) is 0 Å². The zero-order valence-electron chi connectivity index (χ0n) is 16.8. The predicted octanol–water partition coefficient (Wildman–Crippen LogP) is 5.46. The Bertz CT molecular complexity index is 800. The summed E-state index contributed by atoms with van der Waals surface area (Å²) in [7, 11) is 0. The minimum absolute atomic E-state index is 0.338. The molecule has 2 fully saturated rings. The Labute approximate surface area is 169 Å². The van der Waals surface area contributed by atoms with Gasteiger partial charge in [-0.15, -0.1) is 6.58 Å². The molecule has 1 saturated carbocycles. The molecule has 0 amide bonds. The molecule has 1 aliphatic heterocycles. The van der Waals surface area contributed by atoms with E-state index in [0.29, 0.717) is 41.9 Å². The van der Waals surface area contributed by atoms with Crippen LogP contribution in [0.5, 0.6) is 0 Å². The molecule has 1 saturated heterocycles. The molecule has 0 bridgehead atoms. The van der Waals surface area contributed by atoms with Crippen molar-refractivity contribution in [2.45, 2.75) is 44.7 Å². The van der Waals surface area contributed by atoms with Crippen molar-refractivity contribution in [3.05, 3.63) is 84.4 Å². The van der Waals surface area contributed by atoms with Crippen molar-refractivity contribution >= 4 is 5.78 Å². The highest BCUT2D eigenvalue weighted by molar-refractivity contribution is 5.80. The first-order valence-electron chi connectivity index (χ1n) is 10.6. The summed E-state index contributed by atoms with van der Waals surface area (Å²) in [6.45, 7) is 8.43. The van der Waals surface area contributed by atoms with Gasteiger partial charge in [0.25, 0.3) is 0 Å². The van der Waals surface area contributed by atoms with Crippen molar-refractivity contribution < 1.29 is 4.79 Å². The van der Waals surface area contributed by atoms with Crippen LogP contribution in [-0.2, 0) is 11.3 Å². The van der Waals surface area contributed by atoms with Gasteiger partial charge in [0.05, 0.1) is 0 Å². The van der Waals surface area contributed by atoms with Crippen molar-refractivity contribution in [1.82, 2.24) is 4.90 Å². The van der Waals surface area contributed by atoms with Crippen LogP contribution in [0.15, 0.2) is 73.3 Å². The zero-order valence-corrected chi connectivity index (χ0v) is 16.8. The number of nitrogens with zero attached hydrogens (tertiary/aromatic N) is 1. The van der Waals surface area contributed by atoms with Crippen LogP contribution in [-0.4, -0.2) is 23.3 Å². The van der Waals surface area contributed by atoms with Gasteiger partial charge in [0.15, 0.2) is 0 Å². The fourth-order valence-electron chi connectivity index (χ4n) is 5.65. The number of carbonyl (C=O) groups is 1. The van der Waals surface area contributed by atoms with E-state index in [2.05, 4.69) is 85.1 Å². The first-order chi connectivity index (χ1) is 13.7. The third-order valence-electron chi connectivity index (χ3n) is 7.06. The van der Waals surface area contributed by atoms with E-state index < -0.39 is 0 Å². The lowest BCUT2D eigenvalue weighted by atomic mass is 9.60. The minimum Gasteiger partial charge on any atom is -0.300 e. The molecule has 0 aromatic heterocycles. The summed E-state index contributed by atoms with van der Waals surface area (Å²) in [6.07, 6.45) is 4.48. The van der Waals surface area contributed by atoms with Gasteiger partial charge >= 0.3 is 0 Å². The number of Topliss-reactive ketones (excluding diaryl/α,β-unsaturated/α-hetero) is 1. The second-order valence-corrected chi connectivity index (χ2v) is 8.64. The quantitative estimate of drug-likeness (QED) is 0.649. The maximum Gasteiger partial charge on any atom is 0.133 e. The van der Waals surface area contributed by atoms with Crippen LogP contribution in [0, 0.1) is 17.8 Å². The van der Waals surface area contributed by atoms with Gasteiger partial charge in [0.1, 0.15) is 5.78 Å². The number of hydrogen-bond donors (Lipinski definition) is 0. The summed E-state index contributed by atoms with van der Waals surface area (Å²) in [4.78, 5) is 15.3. The molecule has 2 aromatic carbocycles. The van der Waals surface area contributed by atoms with Gasteiger partial charge in [-0.2, -0.15) is 0 Å². The van der Waals surface area contributed by atoms with Gasteiger partial charge in [0.2, 0.25) is 0 Å². The Hall–Kier alpha value is -2.19. The summed E-state index contributed by atoms with van der Waals surface area (Å²) in [5.41, 5.74) is 2.70. The maximum absolute atomic E-state index is 12.7. The van der Waals surface area contributed by atoms with Gasteiger partial charge in [0, 0.05) is 32.0 Å². The number of fused-ring (bicyclic) bond motifs is 1. The first kappa shape index (κ1) is 19.1. The average molecular weight is 374 g/mol. The summed E-state index contributed by atoms with van der Waals surface area (Å²) in [6, 6.07) is 21.9. The van der Waals surface area contributed by atoms with Crippen LogP contribution in [0.3, 0.4) is 0 Å². The molecule has 1 aliphatic carbocycles. The lowest BCUT2D eigenvalue weighted by molar-refractivity contribution is -0.128. The minimum atomic E-state index is 0.338. The molecule has 1 heterocycles. The third-order valence-corrected chi connectivity index (χ3v) is 7.06. The molecular weight excluding hydrogens is 342 g/mol. The van der Waals surface area contributed by atoms with Gasteiger partial charge in [-0.3, -0.25) is 9.69 Å². The largest absolute Gasteiger partial charge is 0.300 e. The third kappa shape index (κ3) is 3.84. The van der Waals surface area contributed by atoms with Gasteiger partial charge in [-0.1, -0.05) is 66.7 Å². The monoisotopic (exact) mass is 373 g/mol. The first-order valence-corrected chi connectivity index (χ1v) is 10.6. The number of piperidine rings is 1. The molecule has 2 aliphatic rings. The van der Waals surface area contributed by atoms with E-state index in [1.165, 1.54) is 11.1 Å². The number of ketones is 1. The van der Waals surface area contributed by atoms with Crippen LogP contribution >= 0.6 is 0 Å². The summed E-state index contributed by atoms with van der Waals surface area (Å²) < 4.78 is 0. The highest BCUT2D eigenvalue weighted by Crippen LogP contribution is 2.49. The second-order valence-electron chi connectivity index (χ2n) is 8.64. The molecule has 2 heteroatoms. The molecule has 0 N–H and O–H groups in total. The molecular formula is C26H31NO. The Morgan fingerprint density at radius 1 is 1.00 bits per heavy atom. The second kappa shape index (κ2) is 8.45. The summed E-state index contributed by atoms with van der Waals surface area (Å²) in [5, 5.41) is 0. The maximum atomic E-state index is 12.7. The molecule has 2 nitrogen and oxygen atoms in total. The van der Waals surface area contributed by atoms with Crippen molar-refractivity contribution in [2.75, 3.05) is 6.54 Å². The number of carbonyl (C=O) groups excluding carboxylic acids is 1. The Morgan fingerprint density at radius 2 is 1.68 bits per heavy atom. The van der Waals surface area contributed by atoms with Gasteiger partial charge in [-0.05, 0) is 48.1 Å². The fraction of sp³-hybridized carbons (Fsp3) is 0.423. The van der Waals surface area contributed by atoms with E-state index in [1.54, 1.807) is 0 Å². The molecule has 2 aromatic rings. The van der Waals surface area contributed by atoms with Crippen molar-refractivity contribution in [1.29, 1.82) is 0 Å². The lowest BCUT2D eigenvalue weighted by Gasteiger charge is -2.52. The molecule has 5 atom stereocenters. The highest BCUT2D eigenvalue weighted by Gasteiger charge is 2.47. The normalized spacial score (nSPS) is 30.6. The van der Waals surface area contributed by atoms with Crippen molar-refractivity contribution in [3.63, 3.8) is 0 Å². The van der Waals surface area contributed by atoms with Crippen LogP contribution < -0.4 is 0 Å². The standard InChI is InChI=1S/C26H31NO/c1-3-10-23-19(2)27(17-20-11-6-4-7-12-20)18-26-24(15-22(28)16-25(23)26)21-13-8-5-9-14-21/h3-9,11-14,19,23-26H,1,10,15-18H2,2H3/t19-,23-,24+,25+,26-/m0/s1. The van der Waals surface area contributed by atoms with Crippen LogP contribution in [0.4, 0.5) is 0 Å². The van der Waals surface area contributed by atoms with Crippen molar-refractivity contribution in [3.8, 4) is 0 Å². The van der Waals surface area contributed by atoms with E-state index >= 15 is 0 Å². The Morgan fingerprint density at radius 3 is 2.36 bits per heavy atom. The SMILES string of the molecule is C=CC[C@@H]1[C@H]2CC(=O)C[C@H](c3ccccc3)[C@@H]2CN(Cc2ccccc2)[C@H]1C. The number of rotatable bonds is 5. The van der Waals surface area contributed by atoms with E-state index in [4.69, 9.17) is 0 Å². The lowest BCUT2D eigenvalue weighted by Crippen LogP contribution is -2.55. The number of allylic oxidation sites excluding steroid dienone is 1. The molecule has 0 unspecified atom stereocenters. The van der Waals surface area contributed by atoms with Gasteiger partial charge < -0.3 is 0 Å². The fourth-order valence-corrected chi connectivity index (χ4v) is 5.65. The molecule has 0 radical (unpaired) electrons. The Balaban J connectivity index is 1.66. The van der Waals surface area contributed by atoms with E-state index in [9.17, 15) is 4.79 Å². The number of hydrogen-bond acceptors (Lipinski definition) is 2. The predicted molar refractivity (Wildman–Crippen MR) is 115 cm³/mol. The summed E-state index contributed by atoms with van der Waals surface area (Å²) >= 11 is 0. The molecule has 0 spiro atoms. The van der Waals surface area contributed by atoms with E-state index in [0.717, 1.165) is 25.9 Å². The van der Waals surface area contributed by atoms with E-state index in [1.807, 2.05) is 0 Å². The van der Waals surface area contributed by atoms with Crippen molar-refractivity contribution in [2.24, 2.45) is 17.8 Å². The van der Waals surface area contributed by atoms with E-state index in [-0.39, 0.29) is 0 Å². The zero-order chi connectivity index (χ0) is 19.5. The van der Waals surface area contributed by atoms with Crippen LogP contribution in [0.25, 0.3) is 0 Å². The van der Waals surface area contributed by atoms with Crippen LogP contribution in [0.2, 0.25) is 0 Å². The number of benzene rings is 2. The van der Waals surface area contributed by atoms with Crippen LogP contribution in [0.1, 0.15) is 43.2 Å². The summed E-state index contributed by atoms with van der Waals surface area (Å²) in [5.74, 6) is 2.27. The smallest absolute Gasteiger partial charge is 0.133 e. The Kier molecular flexibility index (Phi) is 5.77. The molecule has 4 rings (SSSR count). The molecule has 146 valence electrons. The highest BCUT2D eigenvalue weighted by atomic mass is 16.1. The molecule has 28 heavy (non-hydrogen) atoms. The number of likely N-dealkylation sites (tertiary alicyclic amines) is 1.